The average Bonchev–Trinajstić information content (AvgIpc) is 2.83. The molecular formula is C30H56O4. The van der Waals surface area contributed by atoms with Crippen LogP contribution in [0, 0.1) is 0 Å². The molecule has 0 fully saturated rings. The maximum atomic E-state index is 12.4. The zero-order valence-electron chi connectivity index (χ0n) is 22.9. The SMILES string of the molecule is CC/C=C/CCOC(=O)CCC(CCCCCC)OC(=O)CCCCCCCCCCCCC. The van der Waals surface area contributed by atoms with Gasteiger partial charge in [-0.3, -0.25) is 9.59 Å². The smallest absolute Gasteiger partial charge is 0.306 e. The van der Waals surface area contributed by atoms with Crippen LogP contribution in [0.1, 0.15) is 156 Å². The second-order valence-corrected chi connectivity index (χ2v) is 9.67. The van der Waals surface area contributed by atoms with E-state index in [4.69, 9.17) is 9.47 Å². The Bertz CT molecular complexity index is 486. The number of hydrogen-bond acceptors (Lipinski definition) is 4. The fourth-order valence-electron chi connectivity index (χ4n) is 4.12. The Morgan fingerprint density at radius 3 is 1.76 bits per heavy atom. The number of ether oxygens (including phenoxy) is 2. The lowest BCUT2D eigenvalue weighted by atomic mass is 10.0. The third kappa shape index (κ3) is 23.8. The van der Waals surface area contributed by atoms with E-state index in [1.807, 2.05) is 6.08 Å². The van der Waals surface area contributed by atoms with E-state index in [9.17, 15) is 9.59 Å². The van der Waals surface area contributed by atoms with Crippen LogP contribution in [0.2, 0.25) is 0 Å². The van der Waals surface area contributed by atoms with Gasteiger partial charge in [0.2, 0.25) is 0 Å². The zero-order chi connectivity index (χ0) is 25.1. The molecule has 4 heteroatoms. The van der Waals surface area contributed by atoms with Gasteiger partial charge in [0.15, 0.2) is 0 Å². The Kier molecular flexibility index (Phi) is 25.3. The van der Waals surface area contributed by atoms with Crippen LogP contribution in [-0.2, 0) is 19.1 Å². The Hall–Kier alpha value is -1.32. The van der Waals surface area contributed by atoms with Crippen LogP contribution in [0.25, 0.3) is 0 Å². The number of unbranched alkanes of at least 4 members (excludes halogenated alkanes) is 13. The molecule has 0 aliphatic carbocycles. The van der Waals surface area contributed by atoms with Crippen LogP contribution in [0.3, 0.4) is 0 Å². The summed E-state index contributed by atoms with van der Waals surface area (Å²) in [5, 5.41) is 0. The van der Waals surface area contributed by atoms with Crippen LogP contribution >= 0.6 is 0 Å². The number of allylic oxidation sites excluding steroid dienone is 1. The molecule has 200 valence electrons. The van der Waals surface area contributed by atoms with E-state index >= 15 is 0 Å². The van der Waals surface area contributed by atoms with E-state index in [-0.39, 0.29) is 18.0 Å². The van der Waals surface area contributed by atoms with Gasteiger partial charge in [0, 0.05) is 12.8 Å². The molecule has 0 aliphatic rings. The lowest BCUT2D eigenvalue weighted by Gasteiger charge is -2.18. The highest BCUT2D eigenvalue weighted by molar-refractivity contribution is 5.70. The summed E-state index contributed by atoms with van der Waals surface area (Å²) in [5.74, 6) is -0.292. The molecule has 0 N–H and O–H groups in total. The maximum Gasteiger partial charge on any atom is 0.306 e. The summed E-state index contributed by atoms with van der Waals surface area (Å²) in [4.78, 5) is 24.4. The topological polar surface area (TPSA) is 52.6 Å². The van der Waals surface area contributed by atoms with E-state index in [1.165, 1.54) is 70.6 Å². The summed E-state index contributed by atoms with van der Waals surface area (Å²) in [6.07, 6.45) is 26.5. The molecule has 0 aromatic heterocycles. The predicted octanol–water partition coefficient (Wildman–Crippen LogP) is 9.25. The van der Waals surface area contributed by atoms with Gasteiger partial charge in [-0.2, -0.15) is 0 Å². The summed E-state index contributed by atoms with van der Waals surface area (Å²) in [6.45, 7) is 6.96. The number of rotatable bonds is 25. The molecule has 1 atom stereocenters. The highest BCUT2D eigenvalue weighted by Gasteiger charge is 2.16. The standard InChI is InChI=1S/C30H56O4/c1-4-7-10-13-14-15-16-17-18-19-21-24-30(32)34-28(23-20-11-8-5-2)25-26-29(31)33-27-22-12-9-6-3/h9,12,28H,4-8,10-11,13-27H2,1-3H3/b12-9+. The van der Waals surface area contributed by atoms with Crippen molar-refractivity contribution in [3.8, 4) is 0 Å². The van der Waals surface area contributed by atoms with Crippen molar-refractivity contribution in [1.82, 2.24) is 0 Å². The van der Waals surface area contributed by atoms with Gasteiger partial charge in [-0.25, -0.2) is 0 Å². The van der Waals surface area contributed by atoms with Crippen molar-refractivity contribution in [2.24, 2.45) is 0 Å². The Morgan fingerprint density at radius 2 is 1.18 bits per heavy atom. The van der Waals surface area contributed by atoms with Crippen LogP contribution in [0.5, 0.6) is 0 Å². The first-order chi connectivity index (χ1) is 16.6. The lowest BCUT2D eigenvalue weighted by Crippen LogP contribution is -2.20. The molecule has 0 saturated carbocycles. The maximum absolute atomic E-state index is 12.4. The molecule has 0 heterocycles. The van der Waals surface area contributed by atoms with Crippen molar-refractivity contribution < 1.29 is 19.1 Å². The third-order valence-corrected chi connectivity index (χ3v) is 6.28. The third-order valence-electron chi connectivity index (χ3n) is 6.28. The fourth-order valence-corrected chi connectivity index (χ4v) is 4.12. The summed E-state index contributed by atoms with van der Waals surface area (Å²) in [6, 6.07) is 0. The minimum absolute atomic E-state index is 0.102. The van der Waals surface area contributed by atoms with E-state index in [2.05, 4.69) is 26.8 Å². The number of carbonyl (C=O) groups excluding carboxylic acids is 2. The van der Waals surface area contributed by atoms with E-state index in [1.54, 1.807) is 0 Å². The molecule has 4 nitrogen and oxygen atoms in total. The van der Waals surface area contributed by atoms with E-state index in [0.29, 0.717) is 25.9 Å². The first-order valence-corrected chi connectivity index (χ1v) is 14.6. The summed E-state index contributed by atoms with van der Waals surface area (Å²) >= 11 is 0. The van der Waals surface area contributed by atoms with Crippen LogP contribution < -0.4 is 0 Å². The molecule has 0 aromatic carbocycles. The highest BCUT2D eigenvalue weighted by atomic mass is 16.5. The second-order valence-electron chi connectivity index (χ2n) is 9.67. The van der Waals surface area contributed by atoms with Gasteiger partial charge in [0.1, 0.15) is 6.10 Å². The van der Waals surface area contributed by atoms with Crippen LogP contribution in [0.4, 0.5) is 0 Å². The molecule has 0 rings (SSSR count). The molecular weight excluding hydrogens is 424 g/mol. The molecule has 34 heavy (non-hydrogen) atoms. The van der Waals surface area contributed by atoms with Gasteiger partial charge in [-0.15, -0.1) is 0 Å². The predicted molar refractivity (Wildman–Crippen MR) is 144 cm³/mol. The Labute approximate surface area is 211 Å². The first-order valence-electron chi connectivity index (χ1n) is 14.6. The van der Waals surface area contributed by atoms with Gasteiger partial charge in [0.25, 0.3) is 0 Å². The van der Waals surface area contributed by atoms with Crippen LogP contribution in [-0.4, -0.2) is 24.6 Å². The molecule has 0 aromatic rings. The van der Waals surface area contributed by atoms with Gasteiger partial charge in [-0.1, -0.05) is 116 Å². The van der Waals surface area contributed by atoms with E-state index in [0.717, 1.165) is 44.9 Å². The van der Waals surface area contributed by atoms with Crippen molar-refractivity contribution in [3.63, 3.8) is 0 Å². The molecule has 1 unspecified atom stereocenters. The lowest BCUT2D eigenvalue weighted by molar-refractivity contribution is -0.152. The Morgan fingerprint density at radius 1 is 0.618 bits per heavy atom. The Balaban J connectivity index is 4.01. The molecule has 0 bridgehead atoms. The molecule has 0 spiro atoms. The normalized spacial score (nSPS) is 12.2. The van der Waals surface area contributed by atoms with Gasteiger partial charge < -0.3 is 9.47 Å². The molecule has 0 aliphatic heterocycles. The second kappa shape index (κ2) is 26.3. The van der Waals surface area contributed by atoms with Crippen molar-refractivity contribution in [2.75, 3.05) is 6.61 Å². The monoisotopic (exact) mass is 480 g/mol. The summed E-state index contributed by atoms with van der Waals surface area (Å²) < 4.78 is 11.1. The van der Waals surface area contributed by atoms with E-state index < -0.39 is 0 Å². The van der Waals surface area contributed by atoms with Gasteiger partial charge >= 0.3 is 11.9 Å². The van der Waals surface area contributed by atoms with Crippen molar-refractivity contribution in [1.29, 1.82) is 0 Å². The minimum atomic E-state index is -0.190. The fraction of sp³-hybridized carbons (Fsp3) is 0.867. The molecule has 0 amide bonds. The number of hydrogen-bond donors (Lipinski definition) is 0. The number of carbonyl (C=O) groups is 2. The largest absolute Gasteiger partial charge is 0.465 e. The van der Waals surface area contributed by atoms with Crippen molar-refractivity contribution >= 4 is 11.9 Å². The summed E-state index contributed by atoms with van der Waals surface area (Å²) in [5.41, 5.74) is 0. The van der Waals surface area contributed by atoms with Gasteiger partial charge in [0.05, 0.1) is 6.61 Å². The highest BCUT2D eigenvalue weighted by Crippen LogP contribution is 2.16. The van der Waals surface area contributed by atoms with Gasteiger partial charge in [-0.05, 0) is 38.5 Å². The first kappa shape index (κ1) is 32.7. The molecule has 0 radical (unpaired) electrons. The quantitative estimate of drug-likeness (QED) is 0.0742. The average molecular weight is 481 g/mol. The summed E-state index contributed by atoms with van der Waals surface area (Å²) in [7, 11) is 0. The minimum Gasteiger partial charge on any atom is -0.465 e. The zero-order valence-corrected chi connectivity index (χ0v) is 22.9. The van der Waals surface area contributed by atoms with Crippen molar-refractivity contribution in [2.45, 2.75) is 162 Å². The van der Waals surface area contributed by atoms with Crippen molar-refractivity contribution in [3.05, 3.63) is 12.2 Å². The number of esters is 2. The molecule has 0 saturated heterocycles. The van der Waals surface area contributed by atoms with Crippen LogP contribution in [0.15, 0.2) is 12.2 Å².